The largest absolute Gasteiger partial charge is 0.375 e. The predicted molar refractivity (Wildman–Crippen MR) is 119 cm³/mol. The molecule has 3 aliphatic carbocycles. The number of hydrogen-bond acceptors (Lipinski definition) is 6. The summed E-state index contributed by atoms with van der Waals surface area (Å²) in [5.41, 5.74) is -0.725. The molecule has 3 saturated carbocycles. The molecule has 1 aromatic carbocycles. The van der Waals surface area contributed by atoms with Gasteiger partial charge in [0.2, 0.25) is 5.91 Å². The Balaban J connectivity index is 1.49. The molecule has 164 valence electrons. The molecule has 0 bridgehead atoms. The van der Waals surface area contributed by atoms with Crippen molar-refractivity contribution in [1.82, 2.24) is 19.2 Å². The van der Waals surface area contributed by atoms with Crippen molar-refractivity contribution in [2.24, 2.45) is 5.92 Å². The van der Waals surface area contributed by atoms with Crippen LogP contribution in [-0.2, 0) is 11.3 Å². The summed E-state index contributed by atoms with van der Waals surface area (Å²) in [6, 6.07) is 5.23. The summed E-state index contributed by atoms with van der Waals surface area (Å²) < 4.78 is 6.15. The Bertz CT molecular complexity index is 1170. The summed E-state index contributed by atoms with van der Waals surface area (Å²) >= 11 is 1.30. The number of benzene rings is 1. The summed E-state index contributed by atoms with van der Waals surface area (Å²) in [6.45, 7) is 4.07. The molecule has 5 rings (SSSR count). The molecule has 0 radical (unpaired) electrons. The SMILES string of the molecule is C=CC(=O)NC1CC(n2c(=O)c3cc(SNC4(O)CC4)ccc3n(CC3CC3)c2=O)C1. The summed E-state index contributed by atoms with van der Waals surface area (Å²) in [5.74, 6) is 0.236. The van der Waals surface area contributed by atoms with E-state index in [-0.39, 0.29) is 29.2 Å². The number of fused-ring (bicyclic) bond motifs is 1. The van der Waals surface area contributed by atoms with Crippen LogP contribution in [0.15, 0.2) is 45.3 Å². The number of carbonyl (C=O) groups is 1. The van der Waals surface area contributed by atoms with E-state index >= 15 is 0 Å². The molecule has 1 amide bonds. The highest BCUT2D eigenvalue weighted by Gasteiger charge is 2.40. The van der Waals surface area contributed by atoms with Crippen LogP contribution in [0.1, 0.15) is 44.6 Å². The smallest absolute Gasteiger partial charge is 0.331 e. The molecular formula is C22H26N4O4S. The van der Waals surface area contributed by atoms with Crippen molar-refractivity contribution in [3.8, 4) is 0 Å². The van der Waals surface area contributed by atoms with Gasteiger partial charge in [0, 0.05) is 23.5 Å². The van der Waals surface area contributed by atoms with Crippen LogP contribution >= 0.6 is 11.9 Å². The third kappa shape index (κ3) is 4.09. The molecule has 1 aromatic heterocycles. The van der Waals surface area contributed by atoms with Gasteiger partial charge >= 0.3 is 5.69 Å². The minimum absolute atomic E-state index is 0.0558. The van der Waals surface area contributed by atoms with Crippen molar-refractivity contribution in [2.45, 2.75) is 67.8 Å². The van der Waals surface area contributed by atoms with E-state index in [0.29, 0.717) is 49.0 Å². The summed E-state index contributed by atoms with van der Waals surface area (Å²) in [4.78, 5) is 39.0. The van der Waals surface area contributed by atoms with E-state index in [4.69, 9.17) is 0 Å². The molecule has 0 saturated heterocycles. The minimum Gasteiger partial charge on any atom is -0.375 e. The first-order valence-electron chi connectivity index (χ1n) is 10.8. The third-order valence-corrected chi connectivity index (χ3v) is 7.35. The van der Waals surface area contributed by atoms with Gasteiger partial charge in [0.1, 0.15) is 5.72 Å². The molecule has 31 heavy (non-hydrogen) atoms. The van der Waals surface area contributed by atoms with E-state index in [0.717, 1.165) is 17.7 Å². The highest BCUT2D eigenvalue weighted by molar-refractivity contribution is 7.97. The lowest BCUT2D eigenvalue weighted by molar-refractivity contribution is -0.117. The van der Waals surface area contributed by atoms with Gasteiger partial charge in [-0.1, -0.05) is 6.58 Å². The van der Waals surface area contributed by atoms with E-state index < -0.39 is 5.72 Å². The van der Waals surface area contributed by atoms with Gasteiger partial charge < -0.3 is 10.4 Å². The Morgan fingerprint density at radius 2 is 2.03 bits per heavy atom. The van der Waals surface area contributed by atoms with Gasteiger partial charge in [-0.05, 0) is 80.7 Å². The molecule has 0 spiro atoms. The van der Waals surface area contributed by atoms with Gasteiger partial charge in [0.05, 0.1) is 10.9 Å². The van der Waals surface area contributed by atoms with Gasteiger partial charge in [-0.15, -0.1) is 0 Å². The third-order valence-electron chi connectivity index (χ3n) is 6.38. The van der Waals surface area contributed by atoms with E-state index in [1.165, 1.54) is 22.6 Å². The van der Waals surface area contributed by atoms with Gasteiger partial charge in [-0.2, -0.15) is 0 Å². The molecule has 0 unspecified atom stereocenters. The van der Waals surface area contributed by atoms with Gasteiger partial charge in [0.25, 0.3) is 5.56 Å². The zero-order valence-corrected chi connectivity index (χ0v) is 18.0. The first-order valence-corrected chi connectivity index (χ1v) is 11.6. The van der Waals surface area contributed by atoms with Crippen LogP contribution in [0.2, 0.25) is 0 Å². The molecule has 0 aliphatic heterocycles. The van der Waals surface area contributed by atoms with Crippen LogP contribution in [-0.4, -0.2) is 31.9 Å². The minimum atomic E-state index is -0.818. The maximum atomic E-state index is 13.4. The second-order valence-electron chi connectivity index (χ2n) is 8.96. The van der Waals surface area contributed by atoms with Crippen molar-refractivity contribution in [3.63, 3.8) is 0 Å². The Morgan fingerprint density at radius 1 is 1.29 bits per heavy atom. The monoisotopic (exact) mass is 442 g/mol. The number of hydrogen-bond donors (Lipinski definition) is 3. The number of amides is 1. The molecule has 3 N–H and O–H groups in total. The van der Waals surface area contributed by atoms with Crippen LogP contribution < -0.4 is 21.3 Å². The van der Waals surface area contributed by atoms with Gasteiger partial charge in [-0.25, -0.2) is 9.52 Å². The van der Waals surface area contributed by atoms with Gasteiger partial charge in [0.15, 0.2) is 0 Å². The van der Waals surface area contributed by atoms with Crippen molar-refractivity contribution in [2.75, 3.05) is 0 Å². The van der Waals surface area contributed by atoms with Gasteiger partial charge in [-0.3, -0.25) is 18.7 Å². The highest BCUT2D eigenvalue weighted by Crippen LogP contribution is 2.36. The van der Waals surface area contributed by atoms with Crippen molar-refractivity contribution in [1.29, 1.82) is 0 Å². The van der Waals surface area contributed by atoms with Crippen molar-refractivity contribution >= 4 is 28.8 Å². The topological polar surface area (TPSA) is 105 Å². The summed E-state index contributed by atoms with van der Waals surface area (Å²) in [6.07, 6.45) is 5.95. The summed E-state index contributed by atoms with van der Waals surface area (Å²) in [5, 5.41) is 13.4. The van der Waals surface area contributed by atoms with E-state index in [1.807, 2.05) is 12.1 Å². The molecular weight excluding hydrogens is 416 g/mol. The Morgan fingerprint density at radius 3 is 2.68 bits per heavy atom. The molecule has 1 heterocycles. The fourth-order valence-electron chi connectivity index (χ4n) is 4.04. The lowest BCUT2D eigenvalue weighted by atomic mass is 9.86. The molecule has 2 aromatic rings. The highest BCUT2D eigenvalue weighted by atomic mass is 32.2. The second-order valence-corrected chi connectivity index (χ2v) is 9.84. The number of rotatable bonds is 8. The van der Waals surface area contributed by atoms with Crippen LogP contribution in [0.4, 0.5) is 0 Å². The Hall–Kier alpha value is -2.36. The first-order chi connectivity index (χ1) is 14.9. The average Bonchev–Trinajstić information content (AvgIpc) is 3.66. The van der Waals surface area contributed by atoms with Crippen molar-refractivity contribution < 1.29 is 9.90 Å². The standard InChI is InChI=1S/C22H26N4O4S/c1-2-19(27)23-14-9-15(10-14)26-20(28)17-11-16(31-24-22(30)7-8-22)5-6-18(17)25(21(26)29)12-13-3-4-13/h2,5-6,11,13-15,24,30H,1,3-4,7-10,12H2,(H,23,27). The van der Waals surface area contributed by atoms with E-state index in [2.05, 4.69) is 16.6 Å². The zero-order valence-electron chi connectivity index (χ0n) is 17.2. The molecule has 3 fully saturated rings. The quantitative estimate of drug-likeness (QED) is 0.326. The Kier molecular flexibility index (Phi) is 5.07. The first kappa shape index (κ1) is 20.5. The van der Waals surface area contributed by atoms with E-state index in [1.54, 1.807) is 10.6 Å². The maximum absolute atomic E-state index is 13.4. The van der Waals surface area contributed by atoms with Crippen LogP contribution in [0.5, 0.6) is 0 Å². The number of carbonyl (C=O) groups excluding carboxylic acids is 1. The Labute approximate surface area is 183 Å². The summed E-state index contributed by atoms with van der Waals surface area (Å²) in [7, 11) is 0. The molecule has 9 heteroatoms. The molecule has 0 atom stereocenters. The van der Waals surface area contributed by atoms with Crippen LogP contribution in [0.3, 0.4) is 0 Å². The van der Waals surface area contributed by atoms with E-state index in [9.17, 15) is 19.5 Å². The zero-order chi connectivity index (χ0) is 21.8. The number of aliphatic hydroxyl groups is 1. The average molecular weight is 443 g/mol. The second kappa shape index (κ2) is 7.65. The molecule has 3 aliphatic rings. The lowest BCUT2D eigenvalue weighted by Crippen LogP contribution is -2.51. The normalized spacial score (nSPS) is 23.9. The lowest BCUT2D eigenvalue weighted by Gasteiger charge is -2.36. The fraction of sp³-hybridized carbons (Fsp3) is 0.500. The van der Waals surface area contributed by atoms with Crippen molar-refractivity contribution in [3.05, 3.63) is 51.7 Å². The number of nitrogens with zero attached hydrogens (tertiary/aromatic N) is 2. The predicted octanol–water partition coefficient (Wildman–Crippen LogP) is 1.66. The number of aromatic nitrogens is 2. The fourth-order valence-corrected chi connectivity index (χ4v) is 4.87. The molecule has 8 nitrogen and oxygen atoms in total. The van der Waals surface area contributed by atoms with Crippen LogP contribution in [0, 0.1) is 5.92 Å². The van der Waals surface area contributed by atoms with Crippen LogP contribution in [0.25, 0.3) is 10.9 Å². The maximum Gasteiger partial charge on any atom is 0.331 e. The number of nitrogens with one attached hydrogen (secondary N) is 2.